The maximum atomic E-state index is 13.1. The third-order valence-electron chi connectivity index (χ3n) is 5.76. The topological polar surface area (TPSA) is 114 Å². The molecule has 0 unspecified atom stereocenters. The fourth-order valence-electron chi connectivity index (χ4n) is 3.79. The van der Waals surface area contributed by atoms with Gasteiger partial charge in [-0.05, 0) is 56.9 Å². The summed E-state index contributed by atoms with van der Waals surface area (Å²) in [4.78, 5) is 27.3. The van der Waals surface area contributed by atoms with E-state index in [1.807, 2.05) is 19.0 Å². The van der Waals surface area contributed by atoms with Gasteiger partial charge in [-0.25, -0.2) is 13.2 Å². The number of rotatable bonds is 7. The summed E-state index contributed by atoms with van der Waals surface area (Å²) in [5.74, 6) is -0.904. The lowest BCUT2D eigenvalue weighted by Crippen LogP contribution is -2.40. The molecule has 1 amide bonds. The lowest BCUT2D eigenvalue weighted by Gasteiger charge is -2.26. The van der Waals surface area contributed by atoms with Crippen LogP contribution in [0.4, 0.5) is 5.69 Å². The Morgan fingerprint density at radius 2 is 1.85 bits per heavy atom. The third kappa shape index (κ3) is 4.92. The number of morpholine rings is 1. The van der Waals surface area contributed by atoms with Gasteiger partial charge in [0.05, 0.1) is 23.6 Å². The van der Waals surface area contributed by atoms with E-state index in [2.05, 4.69) is 5.32 Å². The largest absolute Gasteiger partial charge is 0.419 e. The number of amides is 1. The molecule has 0 bridgehead atoms. The molecule has 34 heavy (non-hydrogen) atoms. The Bertz CT molecular complexity index is 1370. The number of nitrogens with one attached hydrogen (secondary N) is 1. The first kappa shape index (κ1) is 24.1. The van der Waals surface area contributed by atoms with Gasteiger partial charge < -0.3 is 19.4 Å². The Labute approximate surface area is 197 Å². The van der Waals surface area contributed by atoms with E-state index in [1.54, 1.807) is 31.2 Å². The minimum Gasteiger partial charge on any atom is -0.408 e. The highest BCUT2D eigenvalue weighted by Gasteiger charge is 2.27. The number of ether oxygens (including phenoxy) is 1. The van der Waals surface area contributed by atoms with Gasteiger partial charge in [0, 0.05) is 37.4 Å². The predicted molar refractivity (Wildman–Crippen MR) is 128 cm³/mol. The molecule has 2 aromatic carbocycles. The smallest absolute Gasteiger partial charge is 0.408 e. The summed E-state index contributed by atoms with van der Waals surface area (Å²) in [6.07, 6.45) is 0. The number of oxazole rings is 1. The van der Waals surface area contributed by atoms with Crippen LogP contribution in [-0.2, 0) is 21.3 Å². The lowest BCUT2D eigenvalue weighted by molar-refractivity contribution is 0.0730. The number of carbonyl (C=O) groups excluding carboxylic acids is 1. The molecule has 1 aliphatic heterocycles. The van der Waals surface area contributed by atoms with Crippen molar-refractivity contribution in [2.24, 2.45) is 0 Å². The zero-order chi connectivity index (χ0) is 24.5. The molecule has 1 fully saturated rings. The number of aryl methyl sites for hydroxylation is 1. The molecule has 1 aromatic heterocycles. The van der Waals surface area contributed by atoms with Crippen molar-refractivity contribution in [3.63, 3.8) is 0 Å². The number of aromatic nitrogens is 1. The van der Waals surface area contributed by atoms with E-state index in [4.69, 9.17) is 9.15 Å². The van der Waals surface area contributed by atoms with Crippen LogP contribution in [0.1, 0.15) is 15.9 Å². The van der Waals surface area contributed by atoms with Gasteiger partial charge in [-0.15, -0.1) is 0 Å². The second-order valence-corrected chi connectivity index (χ2v) is 10.4. The second kappa shape index (κ2) is 9.71. The summed E-state index contributed by atoms with van der Waals surface area (Å²) in [5.41, 5.74) is 2.37. The molecule has 10 nitrogen and oxygen atoms in total. The number of likely N-dealkylation sites (N-methyl/N-ethyl adjacent to an activating group) is 1. The van der Waals surface area contributed by atoms with Crippen LogP contribution in [0.15, 0.2) is 50.5 Å². The van der Waals surface area contributed by atoms with Crippen molar-refractivity contribution in [3.8, 4) is 0 Å². The van der Waals surface area contributed by atoms with Crippen LogP contribution in [-0.4, -0.2) is 75.0 Å². The van der Waals surface area contributed by atoms with Gasteiger partial charge in [-0.3, -0.25) is 9.36 Å². The maximum absolute atomic E-state index is 13.1. The molecular weight excluding hydrogens is 460 g/mol. The second-order valence-electron chi connectivity index (χ2n) is 8.45. The molecule has 3 aromatic rings. The van der Waals surface area contributed by atoms with Crippen LogP contribution >= 0.6 is 0 Å². The molecule has 1 aliphatic rings. The maximum Gasteiger partial charge on any atom is 0.419 e. The molecule has 4 rings (SSSR count). The van der Waals surface area contributed by atoms with Gasteiger partial charge in [0.15, 0.2) is 5.58 Å². The zero-order valence-electron chi connectivity index (χ0n) is 19.4. The van der Waals surface area contributed by atoms with Crippen LogP contribution in [0.25, 0.3) is 11.1 Å². The third-order valence-corrected chi connectivity index (χ3v) is 7.65. The van der Waals surface area contributed by atoms with Crippen LogP contribution in [0.2, 0.25) is 0 Å². The number of fused-ring (bicyclic) bond motifs is 1. The number of hydrogen-bond donors (Lipinski definition) is 1. The number of sulfonamides is 1. The van der Waals surface area contributed by atoms with E-state index < -0.39 is 21.7 Å². The summed E-state index contributed by atoms with van der Waals surface area (Å²) < 4.78 is 39.5. The molecule has 1 N–H and O–H groups in total. The first-order valence-electron chi connectivity index (χ1n) is 10.9. The fraction of sp³-hybridized carbons (Fsp3) is 0.391. The molecule has 0 radical (unpaired) electrons. The zero-order valence-corrected chi connectivity index (χ0v) is 20.2. The molecule has 2 heterocycles. The summed E-state index contributed by atoms with van der Waals surface area (Å²) in [5, 5.41) is 2.82. The fourth-order valence-corrected chi connectivity index (χ4v) is 5.23. The van der Waals surface area contributed by atoms with Crippen LogP contribution in [0.5, 0.6) is 0 Å². The van der Waals surface area contributed by atoms with Crippen molar-refractivity contribution in [1.82, 2.24) is 13.8 Å². The van der Waals surface area contributed by atoms with Crippen LogP contribution < -0.4 is 11.1 Å². The number of benzene rings is 2. The van der Waals surface area contributed by atoms with Crippen LogP contribution in [0, 0.1) is 6.92 Å². The van der Waals surface area contributed by atoms with Crippen molar-refractivity contribution in [2.45, 2.75) is 18.4 Å². The van der Waals surface area contributed by atoms with Gasteiger partial charge >= 0.3 is 5.76 Å². The summed E-state index contributed by atoms with van der Waals surface area (Å²) >= 11 is 0. The van der Waals surface area contributed by atoms with E-state index in [1.165, 1.54) is 21.0 Å². The first-order valence-corrected chi connectivity index (χ1v) is 12.4. The molecule has 0 spiro atoms. The van der Waals surface area contributed by atoms with Gasteiger partial charge in [-0.2, -0.15) is 4.31 Å². The average Bonchev–Trinajstić information content (AvgIpc) is 3.12. The Kier molecular flexibility index (Phi) is 6.89. The monoisotopic (exact) mass is 488 g/mol. The van der Waals surface area contributed by atoms with Crippen molar-refractivity contribution >= 4 is 32.7 Å². The summed E-state index contributed by atoms with van der Waals surface area (Å²) in [7, 11) is 0.0889. The molecule has 0 aliphatic carbocycles. The van der Waals surface area contributed by atoms with Gasteiger partial charge in [0.2, 0.25) is 10.0 Å². The molecule has 0 atom stereocenters. The van der Waals surface area contributed by atoms with Gasteiger partial charge in [0.25, 0.3) is 5.91 Å². The van der Waals surface area contributed by atoms with Crippen LogP contribution in [0.3, 0.4) is 0 Å². The Hall–Kier alpha value is -2.99. The van der Waals surface area contributed by atoms with Gasteiger partial charge in [0.1, 0.15) is 0 Å². The van der Waals surface area contributed by atoms with Crippen molar-refractivity contribution in [2.75, 3.05) is 52.3 Å². The van der Waals surface area contributed by atoms with E-state index in [0.29, 0.717) is 48.7 Å². The first-order chi connectivity index (χ1) is 16.2. The average molecular weight is 489 g/mol. The predicted octanol–water partition coefficient (Wildman–Crippen LogP) is 1.74. The quantitative estimate of drug-likeness (QED) is 0.539. The van der Waals surface area contributed by atoms with Crippen molar-refractivity contribution in [3.05, 3.63) is 58.1 Å². The highest BCUT2D eigenvalue weighted by atomic mass is 32.2. The number of hydrogen-bond acceptors (Lipinski definition) is 7. The Morgan fingerprint density at radius 1 is 1.12 bits per heavy atom. The number of nitrogens with zero attached hydrogens (tertiary/aromatic N) is 3. The van der Waals surface area contributed by atoms with E-state index >= 15 is 0 Å². The SMILES string of the molecule is Cc1ccc(S(=O)(=O)N2CCOCC2)cc1C(=O)Nc1ccc2oc(=O)n(CCN(C)C)c2c1. The summed E-state index contributed by atoms with van der Waals surface area (Å²) in [6.45, 7) is 4.07. The number of carbonyl (C=O) groups is 1. The lowest BCUT2D eigenvalue weighted by atomic mass is 10.1. The van der Waals surface area contributed by atoms with E-state index in [0.717, 1.165) is 0 Å². The van der Waals surface area contributed by atoms with E-state index in [-0.39, 0.29) is 23.5 Å². The number of anilines is 1. The minimum atomic E-state index is -3.73. The standard InChI is InChI=1S/C23H28N4O6S/c1-16-4-6-18(34(30,31)26-10-12-32-13-11-26)15-19(16)22(28)24-17-5-7-21-20(14-17)27(23(29)33-21)9-8-25(2)3/h4-7,14-15H,8-13H2,1-3H3,(H,24,28). The molecular formula is C23H28N4O6S. The Balaban J connectivity index is 1.60. The Morgan fingerprint density at radius 3 is 2.56 bits per heavy atom. The van der Waals surface area contributed by atoms with Crippen molar-refractivity contribution in [1.29, 1.82) is 0 Å². The highest BCUT2D eigenvalue weighted by molar-refractivity contribution is 7.89. The summed E-state index contributed by atoms with van der Waals surface area (Å²) in [6, 6.07) is 9.49. The van der Waals surface area contributed by atoms with Crippen molar-refractivity contribution < 1.29 is 22.4 Å². The minimum absolute atomic E-state index is 0.0629. The molecule has 1 saturated heterocycles. The normalized spacial score (nSPS) is 15.2. The molecule has 182 valence electrons. The highest BCUT2D eigenvalue weighted by Crippen LogP contribution is 2.23. The van der Waals surface area contributed by atoms with E-state index in [9.17, 15) is 18.0 Å². The molecule has 0 saturated carbocycles. The molecule has 11 heteroatoms. The van der Waals surface area contributed by atoms with Gasteiger partial charge in [-0.1, -0.05) is 6.07 Å².